The van der Waals surface area contributed by atoms with Crippen molar-refractivity contribution in [2.75, 3.05) is 19.6 Å². The summed E-state index contributed by atoms with van der Waals surface area (Å²) in [7, 11) is 0. The van der Waals surface area contributed by atoms with Crippen molar-refractivity contribution >= 4 is 5.91 Å². The second kappa shape index (κ2) is 5.48. The summed E-state index contributed by atoms with van der Waals surface area (Å²) in [4.78, 5) is 13.9. The number of piperidine rings is 1. The van der Waals surface area contributed by atoms with Crippen LogP contribution in [0, 0.1) is 18.7 Å². The number of likely N-dealkylation sites (tertiary alicyclic amines) is 1. The fraction of sp³-hybridized carbons (Fsp3) is 0.500. The molecule has 1 aromatic carbocycles. The van der Waals surface area contributed by atoms with E-state index in [1.54, 1.807) is 30.0 Å². The number of nitrogens with zero attached hydrogens (tertiary/aromatic N) is 1. The number of amides is 1. The first-order chi connectivity index (χ1) is 8.63. The van der Waals surface area contributed by atoms with Gasteiger partial charge in [-0.1, -0.05) is 12.1 Å². The zero-order chi connectivity index (χ0) is 13.1. The Hall–Kier alpha value is -1.42. The van der Waals surface area contributed by atoms with Crippen LogP contribution < -0.4 is 5.73 Å². The minimum Gasteiger partial charge on any atom is -0.339 e. The topological polar surface area (TPSA) is 46.3 Å². The molecule has 98 valence electrons. The highest BCUT2D eigenvalue weighted by atomic mass is 19.1. The van der Waals surface area contributed by atoms with E-state index in [-0.39, 0.29) is 11.5 Å². The van der Waals surface area contributed by atoms with Gasteiger partial charge in [-0.05, 0) is 43.9 Å². The summed E-state index contributed by atoms with van der Waals surface area (Å²) < 4.78 is 13.9. The Labute approximate surface area is 107 Å². The van der Waals surface area contributed by atoms with Crippen molar-refractivity contribution in [2.24, 2.45) is 11.7 Å². The molecule has 2 N–H and O–H groups in total. The van der Waals surface area contributed by atoms with Crippen LogP contribution in [-0.2, 0) is 0 Å². The first kappa shape index (κ1) is 13.0. The maximum atomic E-state index is 13.9. The molecule has 0 atom stereocenters. The lowest BCUT2D eigenvalue weighted by molar-refractivity contribution is 0.0688. The van der Waals surface area contributed by atoms with E-state index in [4.69, 9.17) is 5.73 Å². The standard InChI is InChI=1S/C14H19FN2O/c1-10-3-2-4-12(13(10)15)14(18)17-7-5-11(9-16)6-8-17/h2-4,11H,5-9,16H2,1H3. The van der Waals surface area contributed by atoms with E-state index < -0.39 is 5.82 Å². The van der Waals surface area contributed by atoms with E-state index in [1.165, 1.54) is 0 Å². The lowest BCUT2D eigenvalue weighted by Gasteiger charge is -2.31. The highest BCUT2D eigenvalue weighted by Gasteiger charge is 2.24. The van der Waals surface area contributed by atoms with Gasteiger partial charge in [0.2, 0.25) is 0 Å². The van der Waals surface area contributed by atoms with Crippen LogP contribution in [0.4, 0.5) is 4.39 Å². The molecule has 0 aliphatic carbocycles. The fourth-order valence-electron chi connectivity index (χ4n) is 2.35. The molecule has 18 heavy (non-hydrogen) atoms. The number of benzene rings is 1. The van der Waals surface area contributed by atoms with Crippen molar-refractivity contribution in [3.05, 3.63) is 35.1 Å². The summed E-state index contributed by atoms with van der Waals surface area (Å²) in [5, 5.41) is 0. The van der Waals surface area contributed by atoms with E-state index in [1.807, 2.05) is 0 Å². The normalized spacial score (nSPS) is 16.9. The molecule has 1 amide bonds. The predicted molar refractivity (Wildman–Crippen MR) is 68.8 cm³/mol. The van der Waals surface area contributed by atoms with E-state index in [0.717, 1.165) is 12.8 Å². The molecule has 1 fully saturated rings. The average Bonchev–Trinajstić information content (AvgIpc) is 2.41. The van der Waals surface area contributed by atoms with Gasteiger partial charge in [-0.15, -0.1) is 0 Å². The van der Waals surface area contributed by atoms with Crippen molar-refractivity contribution < 1.29 is 9.18 Å². The van der Waals surface area contributed by atoms with Crippen molar-refractivity contribution in [2.45, 2.75) is 19.8 Å². The monoisotopic (exact) mass is 250 g/mol. The highest BCUT2D eigenvalue weighted by Crippen LogP contribution is 2.20. The van der Waals surface area contributed by atoms with Gasteiger partial charge >= 0.3 is 0 Å². The van der Waals surface area contributed by atoms with Crippen LogP contribution in [0.3, 0.4) is 0 Å². The third-order valence-electron chi connectivity index (χ3n) is 3.66. The van der Waals surface area contributed by atoms with Crippen LogP contribution in [0.25, 0.3) is 0 Å². The molecular weight excluding hydrogens is 231 g/mol. The van der Waals surface area contributed by atoms with Crippen LogP contribution in [0.15, 0.2) is 18.2 Å². The summed E-state index contributed by atoms with van der Waals surface area (Å²) in [6, 6.07) is 4.95. The summed E-state index contributed by atoms with van der Waals surface area (Å²) >= 11 is 0. The number of hydrogen-bond donors (Lipinski definition) is 1. The number of rotatable bonds is 2. The largest absolute Gasteiger partial charge is 0.339 e. The van der Waals surface area contributed by atoms with Gasteiger partial charge in [0.05, 0.1) is 5.56 Å². The Morgan fingerprint density at radius 1 is 1.44 bits per heavy atom. The first-order valence-electron chi connectivity index (χ1n) is 6.38. The second-order valence-corrected chi connectivity index (χ2v) is 4.91. The predicted octanol–water partition coefficient (Wildman–Crippen LogP) is 1.95. The van der Waals surface area contributed by atoms with Crippen LogP contribution in [-0.4, -0.2) is 30.4 Å². The highest BCUT2D eigenvalue weighted by molar-refractivity contribution is 5.94. The van der Waals surface area contributed by atoms with Crippen molar-refractivity contribution in [3.8, 4) is 0 Å². The molecule has 1 heterocycles. The first-order valence-corrected chi connectivity index (χ1v) is 6.38. The zero-order valence-electron chi connectivity index (χ0n) is 10.7. The lowest BCUT2D eigenvalue weighted by Crippen LogP contribution is -2.40. The zero-order valence-corrected chi connectivity index (χ0v) is 10.7. The van der Waals surface area contributed by atoms with Gasteiger partial charge in [-0.2, -0.15) is 0 Å². The Balaban J connectivity index is 2.10. The van der Waals surface area contributed by atoms with Crippen molar-refractivity contribution in [3.63, 3.8) is 0 Å². The van der Waals surface area contributed by atoms with Gasteiger partial charge in [0.25, 0.3) is 5.91 Å². The van der Waals surface area contributed by atoms with Crippen LogP contribution in [0.1, 0.15) is 28.8 Å². The number of carbonyl (C=O) groups excluding carboxylic acids is 1. The third-order valence-corrected chi connectivity index (χ3v) is 3.66. The number of halogens is 1. The molecule has 0 spiro atoms. The smallest absolute Gasteiger partial charge is 0.256 e. The summed E-state index contributed by atoms with van der Waals surface area (Å²) in [5.41, 5.74) is 6.31. The van der Waals surface area contributed by atoms with Gasteiger partial charge in [0, 0.05) is 13.1 Å². The second-order valence-electron chi connectivity index (χ2n) is 4.91. The van der Waals surface area contributed by atoms with Gasteiger partial charge in [-0.25, -0.2) is 4.39 Å². The maximum absolute atomic E-state index is 13.9. The van der Waals surface area contributed by atoms with Crippen molar-refractivity contribution in [1.29, 1.82) is 0 Å². The van der Waals surface area contributed by atoms with Gasteiger partial charge < -0.3 is 10.6 Å². The molecule has 0 unspecified atom stereocenters. The van der Waals surface area contributed by atoms with Crippen LogP contribution in [0.5, 0.6) is 0 Å². The Bertz CT molecular complexity index is 439. The Kier molecular flexibility index (Phi) is 3.97. The minimum absolute atomic E-state index is 0.182. The Morgan fingerprint density at radius 3 is 2.72 bits per heavy atom. The summed E-state index contributed by atoms with van der Waals surface area (Å²) in [6.45, 7) is 3.69. The fourth-order valence-corrected chi connectivity index (χ4v) is 2.35. The molecule has 0 aromatic heterocycles. The van der Waals surface area contributed by atoms with E-state index in [0.29, 0.717) is 31.1 Å². The number of nitrogens with two attached hydrogens (primary N) is 1. The number of carbonyl (C=O) groups is 1. The quantitative estimate of drug-likeness (QED) is 0.872. The molecular formula is C14H19FN2O. The molecule has 3 nitrogen and oxygen atoms in total. The van der Waals surface area contributed by atoms with Crippen LogP contribution in [0.2, 0.25) is 0 Å². The molecule has 0 bridgehead atoms. The molecule has 0 saturated carbocycles. The molecule has 1 saturated heterocycles. The summed E-state index contributed by atoms with van der Waals surface area (Å²) in [6.07, 6.45) is 1.82. The average molecular weight is 250 g/mol. The third kappa shape index (κ3) is 2.53. The number of aryl methyl sites for hydroxylation is 1. The van der Waals surface area contributed by atoms with Crippen molar-refractivity contribution in [1.82, 2.24) is 4.90 Å². The van der Waals surface area contributed by atoms with E-state index in [9.17, 15) is 9.18 Å². The molecule has 1 aromatic rings. The maximum Gasteiger partial charge on any atom is 0.256 e. The van der Waals surface area contributed by atoms with Crippen LogP contribution >= 0.6 is 0 Å². The molecule has 4 heteroatoms. The molecule has 2 rings (SSSR count). The SMILES string of the molecule is Cc1cccc(C(=O)N2CCC(CN)CC2)c1F. The molecule has 0 radical (unpaired) electrons. The molecule has 1 aliphatic rings. The van der Waals surface area contributed by atoms with E-state index >= 15 is 0 Å². The molecule has 1 aliphatic heterocycles. The minimum atomic E-state index is -0.400. The lowest BCUT2D eigenvalue weighted by atomic mass is 9.96. The Morgan fingerprint density at radius 2 is 2.11 bits per heavy atom. The van der Waals surface area contributed by atoms with Gasteiger partial charge in [-0.3, -0.25) is 4.79 Å². The van der Waals surface area contributed by atoms with Gasteiger partial charge in [0.15, 0.2) is 0 Å². The van der Waals surface area contributed by atoms with Gasteiger partial charge in [0.1, 0.15) is 5.82 Å². The number of hydrogen-bond acceptors (Lipinski definition) is 2. The summed E-state index contributed by atoms with van der Waals surface area (Å²) in [5.74, 6) is -0.105. The van der Waals surface area contributed by atoms with E-state index in [2.05, 4.69) is 0 Å².